The Bertz CT molecular complexity index is 537. The van der Waals surface area contributed by atoms with Crippen molar-refractivity contribution in [3.05, 3.63) is 23.8 Å². The van der Waals surface area contributed by atoms with E-state index in [-0.39, 0.29) is 36.2 Å². The summed E-state index contributed by atoms with van der Waals surface area (Å²) in [4.78, 5) is 13.1. The summed E-state index contributed by atoms with van der Waals surface area (Å²) in [6.45, 7) is 0.288. The third-order valence-corrected chi connectivity index (χ3v) is 2.87. The molecule has 1 unspecified atom stereocenters. The number of hydrogen-bond donors (Lipinski definition) is 0. The lowest BCUT2D eigenvalue weighted by Gasteiger charge is -2.19. The van der Waals surface area contributed by atoms with Crippen LogP contribution in [0.25, 0.3) is 0 Å². The number of methoxy groups -OCH3 is 1. The van der Waals surface area contributed by atoms with Gasteiger partial charge in [-0.3, -0.25) is 4.79 Å². The van der Waals surface area contributed by atoms with Crippen LogP contribution < -0.4 is 9.64 Å². The minimum atomic E-state index is -1.03. The molecule has 1 fully saturated rings. The lowest BCUT2D eigenvalue weighted by molar-refractivity contribution is -0.117. The minimum Gasteiger partial charge on any atom is -0.494 e. The number of halogens is 2. The van der Waals surface area contributed by atoms with Gasteiger partial charge in [-0.1, -0.05) is 0 Å². The Morgan fingerprint density at radius 1 is 1.44 bits per heavy atom. The first-order valence-corrected chi connectivity index (χ1v) is 5.36. The van der Waals surface area contributed by atoms with Crippen LogP contribution in [-0.2, 0) is 4.79 Å². The van der Waals surface area contributed by atoms with E-state index in [9.17, 15) is 13.6 Å². The molecule has 1 amide bonds. The van der Waals surface area contributed by atoms with E-state index in [0.717, 1.165) is 12.1 Å². The third kappa shape index (κ3) is 2.02. The van der Waals surface area contributed by atoms with Crippen molar-refractivity contribution in [1.82, 2.24) is 0 Å². The largest absolute Gasteiger partial charge is 0.494 e. The van der Waals surface area contributed by atoms with Crippen LogP contribution >= 0.6 is 0 Å². The predicted octanol–water partition coefficient (Wildman–Crippen LogP) is 1.96. The molecule has 0 bridgehead atoms. The highest BCUT2D eigenvalue weighted by molar-refractivity contribution is 5.97. The Hall–Kier alpha value is -2.09. The van der Waals surface area contributed by atoms with Gasteiger partial charge in [0.2, 0.25) is 5.91 Å². The first-order valence-electron chi connectivity index (χ1n) is 5.36. The van der Waals surface area contributed by atoms with Crippen molar-refractivity contribution in [2.45, 2.75) is 6.42 Å². The maximum atomic E-state index is 13.2. The van der Waals surface area contributed by atoms with Crippen molar-refractivity contribution in [3.63, 3.8) is 0 Å². The second-order valence-corrected chi connectivity index (χ2v) is 4.01. The van der Waals surface area contributed by atoms with Gasteiger partial charge in [0.15, 0.2) is 11.6 Å². The molecule has 94 valence electrons. The van der Waals surface area contributed by atoms with Crippen molar-refractivity contribution < 1.29 is 18.3 Å². The minimum absolute atomic E-state index is 0.111. The number of nitrogens with zero attached hydrogens (tertiary/aromatic N) is 1. The van der Waals surface area contributed by atoms with E-state index in [0.29, 0.717) is 0 Å². The van der Waals surface area contributed by atoms with Gasteiger partial charge in [0, 0.05) is 31.0 Å². The summed E-state index contributed by atoms with van der Waals surface area (Å²) in [7, 11) is 1.33. The number of terminal acetylenes is 1. The molecular weight excluding hydrogens is 240 g/mol. The quantitative estimate of drug-likeness (QED) is 0.752. The van der Waals surface area contributed by atoms with Gasteiger partial charge in [0.05, 0.1) is 12.8 Å². The van der Waals surface area contributed by atoms with Crippen molar-refractivity contribution in [1.29, 1.82) is 0 Å². The summed E-state index contributed by atoms with van der Waals surface area (Å²) in [6.07, 6.45) is 5.47. The molecule has 18 heavy (non-hydrogen) atoms. The van der Waals surface area contributed by atoms with E-state index >= 15 is 0 Å². The van der Waals surface area contributed by atoms with E-state index in [1.165, 1.54) is 12.0 Å². The van der Waals surface area contributed by atoms with Gasteiger partial charge < -0.3 is 9.64 Å². The van der Waals surface area contributed by atoms with Crippen LogP contribution in [-0.4, -0.2) is 19.6 Å². The normalized spacial score (nSPS) is 18.9. The molecule has 5 heteroatoms. The molecule has 0 N–H and O–H groups in total. The molecule has 1 atom stereocenters. The SMILES string of the molecule is C#CC1CC(=O)N(c2cc(F)c(F)cc2OC)C1. The van der Waals surface area contributed by atoms with Crippen molar-refractivity contribution in [2.24, 2.45) is 5.92 Å². The zero-order chi connectivity index (χ0) is 13.3. The molecule has 1 aliphatic heterocycles. The molecule has 0 aromatic heterocycles. The fraction of sp³-hybridized carbons (Fsp3) is 0.308. The van der Waals surface area contributed by atoms with E-state index in [2.05, 4.69) is 5.92 Å². The molecule has 1 aromatic carbocycles. The predicted molar refractivity (Wildman–Crippen MR) is 62.2 cm³/mol. The molecular formula is C13H11F2NO2. The molecule has 2 rings (SSSR count). The maximum absolute atomic E-state index is 13.2. The van der Waals surface area contributed by atoms with Crippen LogP contribution in [0.15, 0.2) is 12.1 Å². The van der Waals surface area contributed by atoms with Crippen LogP contribution in [0.2, 0.25) is 0 Å². The average molecular weight is 251 g/mol. The van der Waals surface area contributed by atoms with E-state index in [4.69, 9.17) is 11.2 Å². The number of anilines is 1. The van der Waals surface area contributed by atoms with Gasteiger partial charge in [-0.05, 0) is 0 Å². The summed E-state index contributed by atoms with van der Waals surface area (Å²) in [5.41, 5.74) is 0.208. The molecule has 1 aliphatic rings. The van der Waals surface area contributed by atoms with Crippen LogP contribution in [0, 0.1) is 29.9 Å². The number of amides is 1. The summed E-state index contributed by atoms with van der Waals surface area (Å²) < 4.78 is 31.3. The molecule has 0 saturated carbocycles. The highest BCUT2D eigenvalue weighted by Crippen LogP contribution is 2.34. The zero-order valence-corrected chi connectivity index (χ0v) is 9.74. The second-order valence-electron chi connectivity index (χ2n) is 4.01. The lowest BCUT2D eigenvalue weighted by Crippen LogP contribution is -2.25. The summed E-state index contributed by atoms with van der Waals surface area (Å²) >= 11 is 0. The molecule has 3 nitrogen and oxygen atoms in total. The number of carbonyl (C=O) groups excluding carboxylic acids is 1. The zero-order valence-electron chi connectivity index (χ0n) is 9.74. The van der Waals surface area contributed by atoms with Gasteiger partial charge >= 0.3 is 0 Å². The van der Waals surface area contributed by atoms with Gasteiger partial charge in [-0.25, -0.2) is 8.78 Å². The summed E-state index contributed by atoms with van der Waals surface area (Å²) in [6, 6.07) is 1.87. The standard InChI is InChI=1S/C13H11F2NO2/c1-3-8-4-13(17)16(7-8)11-5-9(14)10(15)6-12(11)18-2/h1,5-6,8H,4,7H2,2H3. The Labute approximate surface area is 103 Å². The second kappa shape index (κ2) is 4.65. The maximum Gasteiger partial charge on any atom is 0.228 e. The summed E-state index contributed by atoms with van der Waals surface area (Å²) in [5, 5.41) is 0. The smallest absolute Gasteiger partial charge is 0.228 e. The van der Waals surface area contributed by atoms with Crippen LogP contribution in [0.5, 0.6) is 5.75 Å². The van der Waals surface area contributed by atoms with Crippen LogP contribution in [0.4, 0.5) is 14.5 Å². The fourth-order valence-corrected chi connectivity index (χ4v) is 1.94. The van der Waals surface area contributed by atoms with Crippen molar-refractivity contribution in [2.75, 3.05) is 18.6 Å². The number of ether oxygens (including phenoxy) is 1. The van der Waals surface area contributed by atoms with E-state index in [1.54, 1.807) is 0 Å². The Morgan fingerprint density at radius 2 is 2.11 bits per heavy atom. The topological polar surface area (TPSA) is 29.5 Å². The van der Waals surface area contributed by atoms with Gasteiger partial charge in [0.25, 0.3) is 0 Å². The molecule has 0 radical (unpaired) electrons. The average Bonchev–Trinajstić information content (AvgIpc) is 2.73. The Morgan fingerprint density at radius 3 is 2.67 bits per heavy atom. The van der Waals surface area contributed by atoms with E-state index < -0.39 is 11.6 Å². The number of benzene rings is 1. The van der Waals surface area contributed by atoms with Gasteiger partial charge in [-0.2, -0.15) is 0 Å². The Kier molecular flexibility index (Phi) is 3.19. The van der Waals surface area contributed by atoms with Crippen LogP contribution in [0.3, 0.4) is 0 Å². The highest BCUT2D eigenvalue weighted by Gasteiger charge is 2.31. The molecule has 1 saturated heterocycles. The van der Waals surface area contributed by atoms with Gasteiger partial charge in [-0.15, -0.1) is 12.3 Å². The summed E-state index contributed by atoms with van der Waals surface area (Å²) in [5.74, 6) is 0.122. The lowest BCUT2D eigenvalue weighted by atomic mass is 10.1. The number of carbonyl (C=O) groups is 1. The third-order valence-electron chi connectivity index (χ3n) is 2.87. The first-order chi connectivity index (χ1) is 8.56. The molecule has 0 aliphatic carbocycles. The molecule has 1 heterocycles. The van der Waals surface area contributed by atoms with Gasteiger partial charge in [0.1, 0.15) is 5.75 Å². The number of hydrogen-bond acceptors (Lipinski definition) is 2. The molecule has 0 spiro atoms. The first kappa shape index (κ1) is 12.4. The van der Waals surface area contributed by atoms with Crippen molar-refractivity contribution in [3.8, 4) is 18.1 Å². The fourth-order valence-electron chi connectivity index (χ4n) is 1.94. The number of rotatable bonds is 2. The molecule has 1 aromatic rings. The van der Waals surface area contributed by atoms with E-state index in [1.807, 2.05) is 0 Å². The Balaban J connectivity index is 2.42. The highest BCUT2D eigenvalue weighted by atomic mass is 19.2. The monoisotopic (exact) mass is 251 g/mol. The van der Waals surface area contributed by atoms with Crippen molar-refractivity contribution >= 4 is 11.6 Å². The van der Waals surface area contributed by atoms with Crippen LogP contribution in [0.1, 0.15) is 6.42 Å².